The van der Waals surface area contributed by atoms with E-state index in [-0.39, 0.29) is 5.91 Å². The number of benzene rings is 2. The van der Waals surface area contributed by atoms with E-state index in [1.54, 1.807) is 18.2 Å². The maximum absolute atomic E-state index is 12.3. The zero-order valence-electron chi connectivity index (χ0n) is 11.9. The molecule has 1 amide bonds. The summed E-state index contributed by atoms with van der Waals surface area (Å²) in [5, 5.41) is 4.21. The Kier molecular flexibility index (Phi) is 4.08. The highest BCUT2D eigenvalue weighted by atomic mass is 35.5. The molecule has 6 heteroatoms. The molecule has 0 aliphatic rings. The molecule has 0 spiro atoms. The highest BCUT2D eigenvalue weighted by molar-refractivity contribution is 7.22. The summed E-state index contributed by atoms with van der Waals surface area (Å²) in [7, 11) is 0. The van der Waals surface area contributed by atoms with Crippen LogP contribution in [0.5, 0.6) is 0 Å². The molecule has 112 valence electrons. The first-order valence-electron chi connectivity index (χ1n) is 6.58. The number of hydrogen-bond acceptors (Lipinski definition) is 3. The Balaban J connectivity index is 1.92. The third kappa shape index (κ3) is 2.95. The van der Waals surface area contributed by atoms with Crippen molar-refractivity contribution in [1.82, 2.24) is 4.98 Å². The van der Waals surface area contributed by atoms with Crippen LogP contribution in [0.25, 0.3) is 10.2 Å². The van der Waals surface area contributed by atoms with Gasteiger partial charge in [0.15, 0.2) is 5.13 Å². The van der Waals surface area contributed by atoms with E-state index in [4.69, 9.17) is 23.2 Å². The fraction of sp³-hybridized carbons (Fsp3) is 0.125. The van der Waals surface area contributed by atoms with Gasteiger partial charge in [-0.3, -0.25) is 10.1 Å². The average Bonchev–Trinajstić information content (AvgIpc) is 2.85. The van der Waals surface area contributed by atoms with Crippen molar-refractivity contribution in [3.8, 4) is 0 Å². The third-order valence-corrected chi connectivity index (χ3v) is 4.80. The predicted octanol–water partition coefficient (Wildman–Crippen LogP) is 5.47. The minimum Gasteiger partial charge on any atom is -0.298 e. The number of thiazole rings is 1. The number of carbonyl (C=O) groups is 1. The summed E-state index contributed by atoms with van der Waals surface area (Å²) in [6.45, 7) is 4.07. The van der Waals surface area contributed by atoms with E-state index in [1.807, 2.05) is 19.9 Å². The maximum atomic E-state index is 12.3. The first-order valence-corrected chi connectivity index (χ1v) is 8.15. The largest absolute Gasteiger partial charge is 0.298 e. The number of aromatic nitrogens is 1. The number of amides is 1. The van der Waals surface area contributed by atoms with E-state index in [1.165, 1.54) is 16.9 Å². The van der Waals surface area contributed by atoms with Crippen molar-refractivity contribution < 1.29 is 4.79 Å². The van der Waals surface area contributed by atoms with Crippen LogP contribution in [-0.2, 0) is 0 Å². The molecule has 0 radical (unpaired) electrons. The highest BCUT2D eigenvalue weighted by Gasteiger charge is 2.13. The number of hydrogen-bond donors (Lipinski definition) is 1. The van der Waals surface area contributed by atoms with Crippen LogP contribution >= 0.6 is 34.5 Å². The number of rotatable bonds is 2. The number of nitrogens with one attached hydrogen (secondary N) is 1. The van der Waals surface area contributed by atoms with Gasteiger partial charge < -0.3 is 0 Å². The van der Waals surface area contributed by atoms with Gasteiger partial charge in [0.1, 0.15) is 0 Å². The zero-order valence-corrected chi connectivity index (χ0v) is 14.2. The van der Waals surface area contributed by atoms with Crippen LogP contribution in [0.4, 0.5) is 5.13 Å². The van der Waals surface area contributed by atoms with Crippen LogP contribution in [-0.4, -0.2) is 10.9 Å². The van der Waals surface area contributed by atoms with Gasteiger partial charge in [-0.15, -0.1) is 0 Å². The fourth-order valence-corrected chi connectivity index (χ4v) is 3.58. The second-order valence-corrected chi connectivity index (χ2v) is 6.89. The normalized spacial score (nSPS) is 10.9. The van der Waals surface area contributed by atoms with Gasteiger partial charge in [-0.1, -0.05) is 40.6 Å². The van der Waals surface area contributed by atoms with Gasteiger partial charge in [-0.2, -0.15) is 0 Å². The average molecular weight is 351 g/mol. The molecule has 22 heavy (non-hydrogen) atoms. The summed E-state index contributed by atoms with van der Waals surface area (Å²) in [6, 6.07) is 8.81. The van der Waals surface area contributed by atoms with E-state index in [0.717, 1.165) is 15.8 Å². The molecule has 1 heterocycles. The van der Waals surface area contributed by atoms with Gasteiger partial charge in [0.2, 0.25) is 0 Å². The molecule has 0 aliphatic heterocycles. The van der Waals surface area contributed by atoms with Gasteiger partial charge in [0.05, 0.1) is 10.2 Å². The van der Waals surface area contributed by atoms with Gasteiger partial charge in [-0.25, -0.2) is 4.98 Å². The van der Waals surface area contributed by atoms with Crippen molar-refractivity contribution in [1.29, 1.82) is 0 Å². The molecular weight excluding hydrogens is 339 g/mol. The molecule has 0 fully saturated rings. The molecule has 3 nitrogen and oxygen atoms in total. The maximum Gasteiger partial charge on any atom is 0.257 e. The summed E-state index contributed by atoms with van der Waals surface area (Å²) in [5.41, 5.74) is 3.63. The Bertz CT molecular complexity index is 869. The van der Waals surface area contributed by atoms with E-state index >= 15 is 0 Å². The Hall–Kier alpha value is -1.62. The van der Waals surface area contributed by atoms with Crippen molar-refractivity contribution >= 4 is 55.8 Å². The summed E-state index contributed by atoms with van der Waals surface area (Å²) >= 11 is 13.3. The third-order valence-electron chi connectivity index (χ3n) is 3.43. The second-order valence-electron chi connectivity index (χ2n) is 4.99. The van der Waals surface area contributed by atoms with Crippen molar-refractivity contribution in [2.24, 2.45) is 0 Å². The highest BCUT2D eigenvalue weighted by Crippen LogP contribution is 2.30. The first kappa shape index (κ1) is 15.3. The smallest absolute Gasteiger partial charge is 0.257 e. The van der Waals surface area contributed by atoms with Crippen LogP contribution in [0.1, 0.15) is 21.5 Å². The van der Waals surface area contributed by atoms with Crippen LogP contribution in [0, 0.1) is 13.8 Å². The van der Waals surface area contributed by atoms with Gasteiger partial charge in [0.25, 0.3) is 5.91 Å². The topological polar surface area (TPSA) is 42.0 Å². The second kappa shape index (κ2) is 5.88. The van der Waals surface area contributed by atoms with E-state index in [2.05, 4.69) is 16.4 Å². The lowest BCUT2D eigenvalue weighted by Crippen LogP contribution is -2.11. The monoisotopic (exact) mass is 350 g/mol. The molecular formula is C16H12Cl2N2OS. The van der Waals surface area contributed by atoms with Crippen LogP contribution in [0.2, 0.25) is 10.0 Å². The van der Waals surface area contributed by atoms with Crippen molar-refractivity contribution in [3.63, 3.8) is 0 Å². The Morgan fingerprint density at radius 1 is 1.14 bits per heavy atom. The summed E-state index contributed by atoms with van der Waals surface area (Å²) in [4.78, 5) is 16.8. The fourth-order valence-electron chi connectivity index (χ4n) is 2.13. The minimum atomic E-state index is -0.280. The summed E-state index contributed by atoms with van der Waals surface area (Å²) in [6.07, 6.45) is 0. The molecule has 0 unspecified atom stereocenters. The summed E-state index contributed by atoms with van der Waals surface area (Å²) < 4.78 is 1.04. The number of carbonyl (C=O) groups excluding carboxylic acids is 1. The first-order chi connectivity index (χ1) is 10.4. The lowest BCUT2D eigenvalue weighted by atomic mass is 10.1. The molecule has 0 saturated heterocycles. The van der Waals surface area contributed by atoms with Gasteiger partial charge in [-0.05, 0) is 49.2 Å². The molecule has 0 saturated carbocycles. The van der Waals surface area contributed by atoms with E-state index in [9.17, 15) is 4.79 Å². The van der Waals surface area contributed by atoms with Crippen molar-refractivity contribution in [3.05, 3.63) is 57.1 Å². The van der Waals surface area contributed by atoms with Gasteiger partial charge in [0, 0.05) is 15.6 Å². The van der Waals surface area contributed by atoms with Crippen LogP contribution in [0.3, 0.4) is 0 Å². The Morgan fingerprint density at radius 3 is 2.50 bits per heavy atom. The number of anilines is 1. The number of aryl methyl sites for hydroxylation is 2. The molecule has 0 atom stereocenters. The van der Waals surface area contributed by atoms with E-state index < -0.39 is 0 Å². The number of nitrogens with zero attached hydrogens (tertiary/aromatic N) is 1. The minimum absolute atomic E-state index is 0.280. The molecule has 3 rings (SSSR count). The number of halogens is 2. The predicted molar refractivity (Wildman–Crippen MR) is 93.5 cm³/mol. The standard InChI is InChI=1S/C16H12Cl2N2OS/c1-8-3-4-13-14(9(8)2)19-16(22-13)20-15(21)10-5-11(17)7-12(18)6-10/h3-7H,1-2H3,(H,19,20,21). The van der Waals surface area contributed by atoms with Crippen molar-refractivity contribution in [2.75, 3.05) is 5.32 Å². The van der Waals surface area contributed by atoms with Crippen molar-refractivity contribution in [2.45, 2.75) is 13.8 Å². The zero-order chi connectivity index (χ0) is 15.9. The Labute approximate surface area is 141 Å². The van der Waals surface area contributed by atoms with Crippen LogP contribution in [0.15, 0.2) is 30.3 Å². The van der Waals surface area contributed by atoms with Crippen LogP contribution < -0.4 is 5.32 Å². The van der Waals surface area contributed by atoms with Gasteiger partial charge >= 0.3 is 0 Å². The molecule has 3 aromatic rings. The molecule has 2 aromatic carbocycles. The quantitative estimate of drug-likeness (QED) is 0.665. The lowest BCUT2D eigenvalue weighted by molar-refractivity contribution is 0.102. The number of fused-ring (bicyclic) bond motifs is 1. The molecule has 1 aromatic heterocycles. The van der Waals surface area contributed by atoms with E-state index in [0.29, 0.717) is 20.7 Å². The summed E-state index contributed by atoms with van der Waals surface area (Å²) in [5.74, 6) is -0.280. The molecule has 0 aliphatic carbocycles. The molecule has 1 N–H and O–H groups in total. The SMILES string of the molecule is Cc1ccc2sc(NC(=O)c3cc(Cl)cc(Cl)c3)nc2c1C. The molecule has 0 bridgehead atoms. The Morgan fingerprint density at radius 2 is 1.82 bits per heavy atom. The lowest BCUT2D eigenvalue weighted by Gasteiger charge is -2.03.